The maximum absolute atomic E-state index is 11.9. The van der Waals surface area contributed by atoms with Crippen molar-refractivity contribution in [3.05, 3.63) is 30.3 Å². The molecule has 2 rings (SSSR count). The zero-order valence-electron chi connectivity index (χ0n) is 13.3. The smallest absolute Gasteiger partial charge is 0.319 e. The normalized spacial score (nSPS) is 20.0. The predicted octanol–water partition coefficient (Wildman–Crippen LogP) is 0.257. The Bertz CT molecular complexity index is 778. The first-order chi connectivity index (χ1) is 11.2. The standard InChI is InChI=1S/C14H21N3O5S2/c1-23(19,20)17(13-7-10-24(21,22)11-13)9-8-15-14(18)16-12-5-3-2-4-6-12/h2-6,13H,7-11H2,1H3,(H2,15,16,18). The van der Waals surface area contributed by atoms with Crippen molar-refractivity contribution in [3.63, 3.8) is 0 Å². The van der Waals surface area contributed by atoms with Crippen LogP contribution in [0.3, 0.4) is 0 Å². The second kappa shape index (κ2) is 7.49. The molecule has 1 aromatic rings. The molecular formula is C14H21N3O5S2. The van der Waals surface area contributed by atoms with Crippen molar-refractivity contribution in [2.75, 3.05) is 36.2 Å². The number of urea groups is 1. The van der Waals surface area contributed by atoms with Crippen molar-refractivity contribution in [1.82, 2.24) is 9.62 Å². The first-order valence-electron chi connectivity index (χ1n) is 7.44. The third-order valence-corrected chi connectivity index (χ3v) is 6.77. The molecule has 1 aliphatic heterocycles. The SMILES string of the molecule is CS(=O)(=O)N(CCNC(=O)Nc1ccccc1)C1CCS(=O)(=O)C1. The van der Waals surface area contributed by atoms with Gasteiger partial charge < -0.3 is 10.6 Å². The number of carbonyl (C=O) groups excluding carboxylic acids is 1. The Balaban J connectivity index is 1.88. The van der Waals surface area contributed by atoms with Crippen LogP contribution in [-0.4, -0.2) is 64.1 Å². The number of sulfonamides is 1. The van der Waals surface area contributed by atoms with Crippen LogP contribution in [0.15, 0.2) is 30.3 Å². The molecule has 1 heterocycles. The molecule has 0 saturated carbocycles. The highest BCUT2D eigenvalue weighted by atomic mass is 32.2. The van der Waals surface area contributed by atoms with Crippen molar-refractivity contribution < 1.29 is 21.6 Å². The monoisotopic (exact) mass is 375 g/mol. The Kier molecular flexibility index (Phi) is 5.83. The molecule has 2 amide bonds. The highest BCUT2D eigenvalue weighted by Gasteiger charge is 2.36. The van der Waals surface area contributed by atoms with E-state index in [9.17, 15) is 21.6 Å². The zero-order chi connectivity index (χ0) is 17.8. The number of nitrogens with one attached hydrogen (secondary N) is 2. The Hall–Kier alpha value is -1.65. The molecule has 24 heavy (non-hydrogen) atoms. The quantitative estimate of drug-likeness (QED) is 0.740. The summed E-state index contributed by atoms with van der Waals surface area (Å²) < 4.78 is 48.1. The number of sulfone groups is 1. The zero-order valence-corrected chi connectivity index (χ0v) is 14.9. The van der Waals surface area contributed by atoms with Gasteiger partial charge in [0, 0.05) is 24.8 Å². The van der Waals surface area contributed by atoms with Crippen LogP contribution in [0.4, 0.5) is 10.5 Å². The van der Waals surface area contributed by atoms with Gasteiger partial charge in [0.05, 0.1) is 17.8 Å². The van der Waals surface area contributed by atoms with Gasteiger partial charge in [-0.05, 0) is 18.6 Å². The van der Waals surface area contributed by atoms with Crippen LogP contribution in [0.25, 0.3) is 0 Å². The van der Waals surface area contributed by atoms with E-state index in [4.69, 9.17) is 0 Å². The lowest BCUT2D eigenvalue weighted by Gasteiger charge is -2.25. The van der Waals surface area contributed by atoms with Gasteiger partial charge in [-0.3, -0.25) is 0 Å². The molecule has 10 heteroatoms. The van der Waals surface area contributed by atoms with Crippen LogP contribution in [0.2, 0.25) is 0 Å². The van der Waals surface area contributed by atoms with Gasteiger partial charge in [0.15, 0.2) is 9.84 Å². The Labute approximate surface area is 142 Å². The van der Waals surface area contributed by atoms with Gasteiger partial charge >= 0.3 is 6.03 Å². The minimum Gasteiger partial charge on any atom is -0.337 e. The topological polar surface area (TPSA) is 113 Å². The second-order valence-electron chi connectivity index (χ2n) is 5.68. The average molecular weight is 375 g/mol. The average Bonchev–Trinajstić information content (AvgIpc) is 2.83. The molecule has 0 bridgehead atoms. The molecule has 2 N–H and O–H groups in total. The summed E-state index contributed by atoms with van der Waals surface area (Å²) in [5, 5.41) is 5.20. The van der Waals surface area contributed by atoms with Gasteiger partial charge in [-0.1, -0.05) is 18.2 Å². The second-order valence-corrected chi connectivity index (χ2v) is 9.84. The number of rotatable bonds is 6. The summed E-state index contributed by atoms with van der Waals surface area (Å²) in [6.45, 7) is 0.115. The summed E-state index contributed by atoms with van der Waals surface area (Å²) >= 11 is 0. The third kappa shape index (κ3) is 5.46. The van der Waals surface area contributed by atoms with E-state index in [1.165, 1.54) is 0 Å². The number of anilines is 1. The number of hydrogen-bond donors (Lipinski definition) is 2. The van der Waals surface area contributed by atoms with E-state index in [1.807, 2.05) is 6.07 Å². The maximum Gasteiger partial charge on any atom is 0.319 e. The Morgan fingerprint density at radius 3 is 2.50 bits per heavy atom. The minimum atomic E-state index is -3.56. The van der Waals surface area contributed by atoms with Crippen molar-refractivity contribution in [3.8, 4) is 0 Å². The van der Waals surface area contributed by atoms with Crippen molar-refractivity contribution in [1.29, 1.82) is 0 Å². The van der Waals surface area contributed by atoms with E-state index in [0.29, 0.717) is 5.69 Å². The van der Waals surface area contributed by atoms with E-state index < -0.39 is 31.9 Å². The molecule has 1 aliphatic rings. The van der Waals surface area contributed by atoms with E-state index in [0.717, 1.165) is 10.6 Å². The van der Waals surface area contributed by atoms with Crippen LogP contribution in [0.1, 0.15) is 6.42 Å². The van der Waals surface area contributed by atoms with Crippen LogP contribution in [0, 0.1) is 0 Å². The molecule has 1 fully saturated rings. The number of para-hydroxylation sites is 1. The molecular weight excluding hydrogens is 354 g/mol. The molecule has 1 unspecified atom stereocenters. The lowest BCUT2D eigenvalue weighted by molar-refractivity contribution is 0.250. The van der Waals surface area contributed by atoms with Crippen LogP contribution in [-0.2, 0) is 19.9 Å². The van der Waals surface area contributed by atoms with E-state index in [2.05, 4.69) is 10.6 Å². The van der Waals surface area contributed by atoms with Gasteiger partial charge in [-0.25, -0.2) is 21.6 Å². The lowest BCUT2D eigenvalue weighted by atomic mass is 10.2. The highest BCUT2D eigenvalue weighted by Crippen LogP contribution is 2.19. The molecule has 1 atom stereocenters. The lowest BCUT2D eigenvalue weighted by Crippen LogP contribution is -2.45. The number of carbonyl (C=O) groups is 1. The molecule has 8 nitrogen and oxygen atoms in total. The minimum absolute atomic E-state index is 0.00832. The Morgan fingerprint density at radius 2 is 1.96 bits per heavy atom. The fourth-order valence-corrected chi connectivity index (χ4v) is 5.57. The number of amides is 2. The first-order valence-corrected chi connectivity index (χ1v) is 11.1. The molecule has 0 aromatic heterocycles. The fourth-order valence-electron chi connectivity index (χ4n) is 2.60. The van der Waals surface area contributed by atoms with Crippen LogP contribution >= 0.6 is 0 Å². The molecule has 0 spiro atoms. The largest absolute Gasteiger partial charge is 0.337 e. The molecule has 1 aromatic carbocycles. The number of benzene rings is 1. The number of hydrogen-bond acceptors (Lipinski definition) is 5. The van der Waals surface area contributed by atoms with Gasteiger partial charge in [0.1, 0.15) is 0 Å². The van der Waals surface area contributed by atoms with Gasteiger partial charge in [-0.15, -0.1) is 0 Å². The van der Waals surface area contributed by atoms with Crippen molar-refractivity contribution >= 4 is 31.6 Å². The van der Waals surface area contributed by atoms with Crippen molar-refractivity contribution in [2.45, 2.75) is 12.5 Å². The van der Waals surface area contributed by atoms with Crippen LogP contribution in [0.5, 0.6) is 0 Å². The number of nitrogens with zero attached hydrogens (tertiary/aromatic N) is 1. The molecule has 1 saturated heterocycles. The third-order valence-electron chi connectivity index (χ3n) is 3.69. The summed E-state index contributed by atoms with van der Waals surface area (Å²) in [5.41, 5.74) is 0.622. The van der Waals surface area contributed by atoms with Crippen molar-refractivity contribution in [2.24, 2.45) is 0 Å². The summed E-state index contributed by atoms with van der Waals surface area (Å²) in [5.74, 6) is -0.179. The highest BCUT2D eigenvalue weighted by molar-refractivity contribution is 7.92. The van der Waals surface area contributed by atoms with Gasteiger partial charge in [-0.2, -0.15) is 4.31 Å². The molecule has 0 aliphatic carbocycles. The summed E-state index contributed by atoms with van der Waals surface area (Å²) in [4.78, 5) is 11.8. The maximum atomic E-state index is 11.9. The fraction of sp³-hybridized carbons (Fsp3) is 0.500. The van der Waals surface area contributed by atoms with E-state index in [-0.39, 0.29) is 31.0 Å². The first kappa shape index (κ1) is 18.7. The Morgan fingerprint density at radius 1 is 1.29 bits per heavy atom. The molecule has 0 radical (unpaired) electrons. The van der Waals surface area contributed by atoms with Gasteiger partial charge in [0.2, 0.25) is 10.0 Å². The van der Waals surface area contributed by atoms with Crippen LogP contribution < -0.4 is 10.6 Å². The summed E-state index contributed by atoms with van der Waals surface area (Å²) in [6.07, 6.45) is 1.33. The van der Waals surface area contributed by atoms with E-state index in [1.54, 1.807) is 24.3 Å². The summed E-state index contributed by atoms with van der Waals surface area (Å²) in [7, 11) is -6.75. The summed E-state index contributed by atoms with van der Waals surface area (Å²) in [6, 6.07) is 7.82. The van der Waals surface area contributed by atoms with Gasteiger partial charge in [0.25, 0.3) is 0 Å². The molecule has 134 valence electrons. The van der Waals surface area contributed by atoms with E-state index >= 15 is 0 Å². The predicted molar refractivity (Wildman–Crippen MR) is 92.1 cm³/mol.